The highest BCUT2D eigenvalue weighted by atomic mass is 35.5. The lowest BCUT2D eigenvalue weighted by Crippen LogP contribution is -2.58. The SMILES string of the molecule is OCCCc1cc(F)ccc1OCC1(O)CCN(c2c(F)cc(Cl)cc2F)CC1O. The average molecular weight is 446 g/mol. The van der Waals surface area contributed by atoms with Gasteiger partial charge in [0.1, 0.15) is 35.6 Å². The highest BCUT2D eigenvalue weighted by Crippen LogP contribution is 2.33. The molecule has 0 aromatic heterocycles. The van der Waals surface area contributed by atoms with Crippen LogP contribution in [0, 0.1) is 17.5 Å². The first-order valence-corrected chi connectivity index (χ1v) is 9.93. The second-order valence-electron chi connectivity index (χ2n) is 7.40. The Morgan fingerprint density at radius 3 is 2.50 bits per heavy atom. The largest absolute Gasteiger partial charge is 0.490 e. The van der Waals surface area contributed by atoms with Gasteiger partial charge in [-0.15, -0.1) is 0 Å². The summed E-state index contributed by atoms with van der Waals surface area (Å²) in [7, 11) is 0. The molecular weight excluding hydrogens is 423 g/mol. The molecule has 3 N–H and O–H groups in total. The smallest absolute Gasteiger partial charge is 0.151 e. The average Bonchev–Trinajstić information content (AvgIpc) is 2.68. The minimum atomic E-state index is -1.65. The Bertz CT molecular complexity index is 878. The normalized spacial score (nSPS) is 21.7. The quantitative estimate of drug-likeness (QED) is 0.611. The zero-order chi connectivity index (χ0) is 21.9. The first-order valence-electron chi connectivity index (χ1n) is 9.55. The molecule has 5 nitrogen and oxygen atoms in total. The van der Waals surface area contributed by atoms with E-state index in [0.717, 1.165) is 12.1 Å². The van der Waals surface area contributed by atoms with Gasteiger partial charge in [0.05, 0.1) is 0 Å². The summed E-state index contributed by atoms with van der Waals surface area (Å²) in [6, 6.07) is 5.90. The van der Waals surface area contributed by atoms with E-state index in [9.17, 15) is 23.4 Å². The second-order valence-corrected chi connectivity index (χ2v) is 7.84. The standard InChI is InChI=1S/C21H23ClF3NO4/c22-14-9-16(24)20(17(25)10-14)26-6-5-21(29,19(28)11-26)12-30-18-4-3-15(23)8-13(18)2-1-7-27/h3-4,8-10,19,27-29H,1-2,5-7,11-12H2. The summed E-state index contributed by atoms with van der Waals surface area (Å²) in [5, 5.41) is 30.3. The van der Waals surface area contributed by atoms with Gasteiger partial charge in [-0.25, -0.2) is 13.2 Å². The summed E-state index contributed by atoms with van der Waals surface area (Å²) < 4.78 is 47.5. The Labute approximate surface area is 177 Å². The van der Waals surface area contributed by atoms with Crippen molar-refractivity contribution < 1.29 is 33.2 Å². The van der Waals surface area contributed by atoms with E-state index in [0.29, 0.717) is 24.2 Å². The zero-order valence-electron chi connectivity index (χ0n) is 16.1. The number of aliphatic hydroxyl groups excluding tert-OH is 2. The monoisotopic (exact) mass is 445 g/mol. The molecule has 1 aliphatic heterocycles. The Morgan fingerprint density at radius 2 is 1.87 bits per heavy atom. The fourth-order valence-corrected chi connectivity index (χ4v) is 3.72. The molecule has 0 amide bonds. The third kappa shape index (κ3) is 5.00. The summed E-state index contributed by atoms with van der Waals surface area (Å²) in [6.07, 6.45) is -0.557. The van der Waals surface area contributed by atoms with Crippen molar-refractivity contribution in [1.82, 2.24) is 0 Å². The number of nitrogens with zero attached hydrogens (tertiary/aromatic N) is 1. The molecule has 2 aromatic rings. The van der Waals surface area contributed by atoms with Crippen LogP contribution in [-0.4, -0.2) is 53.3 Å². The maximum atomic E-state index is 14.2. The molecule has 1 saturated heterocycles. The molecule has 0 bridgehead atoms. The van der Waals surface area contributed by atoms with Crippen LogP contribution in [-0.2, 0) is 6.42 Å². The molecule has 9 heteroatoms. The number of ether oxygens (including phenoxy) is 1. The molecule has 0 saturated carbocycles. The predicted molar refractivity (Wildman–Crippen MR) is 106 cm³/mol. The van der Waals surface area contributed by atoms with Crippen molar-refractivity contribution in [2.24, 2.45) is 0 Å². The highest BCUT2D eigenvalue weighted by Gasteiger charge is 2.42. The van der Waals surface area contributed by atoms with E-state index in [-0.39, 0.29) is 43.4 Å². The van der Waals surface area contributed by atoms with Crippen molar-refractivity contribution in [2.75, 3.05) is 31.2 Å². The Kier molecular flexibility index (Phi) is 7.13. The molecule has 1 fully saturated rings. The van der Waals surface area contributed by atoms with Crippen LogP contribution in [0.4, 0.5) is 18.9 Å². The fourth-order valence-electron chi connectivity index (χ4n) is 3.53. The molecule has 30 heavy (non-hydrogen) atoms. The van der Waals surface area contributed by atoms with Crippen molar-refractivity contribution >= 4 is 17.3 Å². The van der Waals surface area contributed by atoms with Gasteiger partial charge < -0.3 is 25.0 Å². The van der Waals surface area contributed by atoms with Crippen molar-refractivity contribution in [3.63, 3.8) is 0 Å². The van der Waals surface area contributed by atoms with Crippen LogP contribution in [0.3, 0.4) is 0 Å². The predicted octanol–water partition coefficient (Wildman–Crippen LogP) is 3.06. The third-order valence-electron chi connectivity index (χ3n) is 5.23. The van der Waals surface area contributed by atoms with Gasteiger partial charge in [-0.3, -0.25) is 0 Å². The maximum absolute atomic E-state index is 14.2. The summed E-state index contributed by atoms with van der Waals surface area (Å²) in [5.74, 6) is -1.82. The molecular formula is C21H23ClF3NO4. The minimum absolute atomic E-state index is 0.0111. The van der Waals surface area contributed by atoms with E-state index in [1.165, 1.54) is 23.1 Å². The number of aliphatic hydroxyl groups is 3. The number of halogens is 4. The van der Waals surface area contributed by atoms with Gasteiger partial charge in [-0.2, -0.15) is 0 Å². The topological polar surface area (TPSA) is 73.2 Å². The van der Waals surface area contributed by atoms with Crippen molar-refractivity contribution in [2.45, 2.75) is 31.0 Å². The van der Waals surface area contributed by atoms with Crippen LogP contribution in [0.5, 0.6) is 5.75 Å². The molecule has 2 unspecified atom stereocenters. The van der Waals surface area contributed by atoms with Gasteiger partial charge in [0.2, 0.25) is 0 Å². The number of aryl methyl sites for hydroxylation is 1. The number of hydrogen-bond acceptors (Lipinski definition) is 5. The van der Waals surface area contributed by atoms with Crippen molar-refractivity contribution in [1.29, 1.82) is 0 Å². The van der Waals surface area contributed by atoms with E-state index >= 15 is 0 Å². The molecule has 164 valence electrons. The van der Waals surface area contributed by atoms with E-state index in [2.05, 4.69) is 0 Å². The van der Waals surface area contributed by atoms with Crippen molar-refractivity contribution in [3.05, 3.63) is 58.4 Å². The number of benzene rings is 2. The molecule has 2 atom stereocenters. The summed E-state index contributed by atoms with van der Waals surface area (Å²) in [6.45, 7) is -0.485. The van der Waals surface area contributed by atoms with E-state index in [1.807, 2.05) is 0 Å². The zero-order valence-corrected chi connectivity index (χ0v) is 16.9. The number of hydrogen-bond donors (Lipinski definition) is 3. The first-order chi connectivity index (χ1) is 14.2. The number of rotatable bonds is 7. The summed E-state index contributed by atoms with van der Waals surface area (Å²) in [4.78, 5) is 1.31. The molecule has 1 heterocycles. The highest BCUT2D eigenvalue weighted by molar-refractivity contribution is 6.30. The first kappa shape index (κ1) is 22.7. The lowest BCUT2D eigenvalue weighted by atomic mass is 9.89. The van der Waals surface area contributed by atoms with Gasteiger partial charge in [0.15, 0.2) is 11.6 Å². The second kappa shape index (κ2) is 9.43. The van der Waals surface area contributed by atoms with Crippen LogP contribution in [0.1, 0.15) is 18.4 Å². The van der Waals surface area contributed by atoms with Gasteiger partial charge in [-0.1, -0.05) is 11.6 Å². The number of β-amino-alcohol motifs (C(OH)–C–C–N with tert-alkyl or cyclic N) is 1. The molecule has 2 aromatic carbocycles. The Morgan fingerprint density at radius 1 is 1.17 bits per heavy atom. The van der Waals surface area contributed by atoms with E-state index < -0.39 is 29.2 Å². The van der Waals surface area contributed by atoms with Gasteiger partial charge >= 0.3 is 0 Å². The molecule has 3 rings (SSSR count). The summed E-state index contributed by atoms with van der Waals surface area (Å²) >= 11 is 5.65. The van der Waals surface area contributed by atoms with Crippen LogP contribution >= 0.6 is 11.6 Å². The van der Waals surface area contributed by atoms with Crippen LogP contribution in [0.2, 0.25) is 5.02 Å². The number of piperidine rings is 1. The lowest BCUT2D eigenvalue weighted by molar-refractivity contribution is -0.109. The number of anilines is 1. The van der Waals surface area contributed by atoms with E-state index in [4.69, 9.17) is 21.4 Å². The van der Waals surface area contributed by atoms with Crippen molar-refractivity contribution in [3.8, 4) is 5.75 Å². The molecule has 1 aliphatic rings. The van der Waals surface area contributed by atoms with Gasteiger partial charge in [0.25, 0.3) is 0 Å². The Balaban J connectivity index is 1.70. The molecule has 0 radical (unpaired) electrons. The van der Waals surface area contributed by atoms with E-state index in [1.54, 1.807) is 0 Å². The van der Waals surface area contributed by atoms with Crippen LogP contribution in [0.15, 0.2) is 30.3 Å². The Hall–Kier alpha value is -2.00. The third-order valence-corrected chi connectivity index (χ3v) is 5.45. The van der Waals surface area contributed by atoms with Gasteiger partial charge in [-0.05, 0) is 55.2 Å². The lowest BCUT2D eigenvalue weighted by Gasteiger charge is -2.42. The minimum Gasteiger partial charge on any atom is -0.490 e. The van der Waals surface area contributed by atoms with Crippen LogP contribution < -0.4 is 9.64 Å². The summed E-state index contributed by atoms with van der Waals surface area (Å²) in [5.41, 5.74) is -1.44. The molecule has 0 spiro atoms. The van der Waals surface area contributed by atoms with Gasteiger partial charge in [0, 0.05) is 24.7 Å². The van der Waals surface area contributed by atoms with Crippen LogP contribution in [0.25, 0.3) is 0 Å². The molecule has 0 aliphatic carbocycles. The fraction of sp³-hybridized carbons (Fsp3) is 0.429. The maximum Gasteiger partial charge on any atom is 0.151 e.